The smallest absolute Gasteiger partial charge is 0.133 e. The topological polar surface area (TPSA) is 63.8 Å². The molecule has 4 nitrogen and oxygen atoms in total. The minimum absolute atomic E-state index is 0.515. The van der Waals surface area contributed by atoms with Gasteiger partial charge in [0, 0.05) is 21.8 Å². The summed E-state index contributed by atoms with van der Waals surface area (Å²) in [6, 6.07) is 3.80. The van der Waals surface area contributed by atoms with Crippen LogP contribution >= 0.6 is 27.3 Å². The zero-order valence-electron chi connectivity index (χ0n) is 10.1. The molecule has 0 atom stereocenters. The molecule has 3 N–H and O–H groups in total. The first-order chi connectivity index (χ1) is 8.69. The predicted octanol–water partition coefficient (Wildman–Crippen LogP) is 3.45. The van der Waals surface area contributed by atoms with E-state index in [1.165, 1.54) is 4.88 Å². The van der Waals surface area contributed by atoms with Gasteiger partial charge in [-0.2, -0.15) is 0 Å². The first-order valence-corrected chi connectivity index (χ1v) is 7.45. The average molecular weight is 327 g/mol. The fraction of sp³-hybridized carbons (Fsp3) is 0.333. The highest BCUT2D eigenvalue weighted by atomic mass is 79.9. The van der Waals surface area contributed by atoms with Gasteiger partial charge >= 0.3 is 0 Å². The molecule has 0 aliphatic carbocycles. The summed E-state index contributed by atoms with van der Waals surface area (Å²) in [5, 5.41) is 5.33. The van der Waals surface area contributed by atoms with Gasteiger partial charge in [0.2, 0.25) is 0 Å². The summed E-state index contributed by atoms with van der Waals surface area (Å²) in [6.07, 6.45) is 1.86. The molecular weight excluding hydrogens is 312 g/mol. The number of hydrogen-bond donors (Lipinski definition) is 2. The van der Waals surface area contributed by atoms with Gasteiger partial charge < -0.3 is 11.1 Å². The van der Waals surface area contributed by atoms with Crippen molar-refractivity contribution in [1.29, 1.82) is 0 Å². The average Bonchev–Trinajstić information content (AvgIpc) is 2.72. The number of hydrogen-bond acceptors (Lipinski definition) is 5. The van der Waals surface area contributed by atoms with Crippen molar-refractivity contribution < 1.29 is 0 Å². The van der Waals surface area contributed by atoms with Crippen molar-refractivity contribution in [2.24, 2.45) is 0 Å². The molecule has 96 valence electrons. The van der Waals surface area contributed by atoms with Crippen LogP contribution in [0, 0.1) is 0 Å². The van der Waals surface area contributed by atoms with E-state index in [2.05, 4.69) is 43.5 Å². The maximum absolute atomic E-state index is 5.77. The van der Waals surface area contributed by atoms with E-state index >= 15 is 0 Å². The van der Waals surface area contributed by atoms with Crippen LogP contribution in [0.5, 0.6) is 0 Å². The molecule has 0 amide bonds. The van der Waals surface area contributed by atoms with E-state index in [1.54, 1.807) is 17.4 Å². The van der Waals surface area contributed by atoms with Gasteiger partial charge in [0.05, 0.1) is 6.54 Å². The normalized spacial score (nSPS) is 10.6. The Kier molecular flexibility index (Phi) is 4.54. The third-order valence-corrected chi connectivity index (χ3v) is 4.31. The molecule has 2 aromatic heterocycles. The van der Waals surface area contributed by atoms with Crippen LogP contribution in [0.25, 0.3) is 0 Å². The number of nitrogen functional groups attached to an aromatic ring is 1. The molecule has 2 rings (SSSR count). The number of halogens is 1. The molecule has 0 aromatic carbocycles. The Hall–Kier alpha value is -1.14. The summed E-state index contributed by atoms with van der Waals surface area (Å²) < 4.78 is 1.12. The maximum Gasteiger partial charge on any atom is 0.133 e. The largest absolute Gasteiger partial charge is 0.384 e. The summed E-state index contributed by atoms with van der Waals surface area (Å²) in [5.41, 5.74) is 5.77. The number of aromatic nitrogens is 2. The zero-order valence-corrected chi connectivity index (χ0v) is 12.5. The van der Waals surface area contributed by atoms with Crippen LogP contribution in [0.3, 0.4) is 0 Å². The number of nitrogens with one attached hydrogen (secondary N) is 1. The molecule has 0 aliphatic rings. The van der Waals surface area contributed by atoms with E-state index < -0.39 is 0 Å². The Labute approximate surface area is 119 Å². The number of aryl methyl sites for hydroxylation is 1. The molecule has 18 heavy (non-hydrogen) atoms. The number of rotatable bonds is 5. The summed E-state index contributed by atoms with van der Waals surface area (Å²) in [6.45, 7) is 2.84. The Morgan fingerprint density at radius 1 is 1.44 bits per heavy atom. The van der Waals surface area contributed by atoms with E-state index in [0.29, 0.717) is 5.82 Å². The van der Waals surface area contributed by atoms with Gasteiger partial charge in [-0.25, -0.2) is 9.97 Å². The monoisotopic (exact) mass is 326 g/mol. The number of anilines is 2. The van der Waals surface area contributed by atoms with Crippen molar-refractivity contribution in [2.45, 2.75) is 26.3 Å². The molecule has 6 heteroatoms. The Morgan fingerprint density at radius 3 is 2.94 bits per heavy atom. The fourth-order valence-electron chi connectivity index (χ4n) is 1.57. The molecule has 2 aromatic rings. The van der Waals surface area contributed by atoms with Gasteiger partial charge in [-0.1, -0.05) is 6.92 Å². The highest BCUT2D eigenvalue weighted by Gasteiger charge is 2.04. The van der Waals surface area contributed by atoms with Crippen molar-refractivity contribution in [3.63, 3.8) is 0 Å². The van der Waals surface area contributed by atoms with Gasteiger partial charge in [-0.15, -0.1) is 11.3 Å². The van der Waals surface area contributed by atoms with Crippen molar-refractivity contribution in [1.82, 2.24) is 9.97 Å². The lowest BCUT2D eigenvalue weighted by molar-refractivity contribution is 0.837. The van der Waals surface area contributed by atoms with E-state index in [1.807, 2.05) is 6.07 Å². The van der Waals surface area contributed by atoms with Crippen LogP contribution in [0.15, 0.2) is 22.0 Å². The second-order valence-electron chi connectivity index (χ2n) is 3.89. The summed E-state index contributed by atoms with van der Waals surface area (Å²) in [7, 11) is 0. The quantitative estimate of drug-likeness (QED) is 0.883. The molecule has 0 bridgehead atoms. The minimum Gasteiger partial charge on any atom is -0.384 e. The second kappa shape index (κ2) is 6.15. The zero-order chi connectivity index (χ0) is 13.0. The second-order valence-corrected chi connectivity index (χ2v) is 5.74. The molecule has 0 unspecified atom stereocenters. The predicted molar refractivity (Wildman–Crippen MR) is 79.8 cm³/mol. The van der Waals surface area contributed by atoms with E-state index in [9.17, 15) is 0 Å². The fourth-order valence-corrected chi connectivity index (χ4v) is 3.00. The third kappa shape index (κ3) is 3.43. The van der Waals surface area contributed by atoms with Crippen LogP contribution in [0.2, 0.25) is 0 Å². The highest BCUT2D eigenvalue weighted by molar-refractivity contribution is 9.10. The lowest BCUT2D eigenvalue weighted by atomic mass is 10.3. The number of nitrogens with zero attached hydrogens (tertiary/aromatic N) is 2. The molecule has 0 saturated carbocycles. The van der Waals surface area contributed by atoms with Gasteiger partial charge in [0.15, 0.2) is 0 Å². The van der Waals surface area contributed by atoms with Crippen LogP contribution in [-0.2, 0) is 13.0 Å². The van der Waals surface area contributed by atoms with Crippen molar-refractivity contribution in [3.05, 3.63) is 32.7 Å². The van der Waals surface area contributed by atoms with E-state index in [4.69, 9.17) is 5.73 Å². The van der Waals surface area contributed by atoms with Crippen molar-refractivity contribution >= 4 is 38.9 Å². The van der Waals surface area contributed by atoms with Gasteiger partial charge in [0.25, 0.3) is 0 Å². The van der Waals surface area contributed by atoms with Crippen LogP contribution in [-0.4, -0.2) is 9.97 Å². The summed E-state index contributed by atoms with van der Waals surface area (Å²) >= 11 is 5.21. The van der Waals surface area contributed by atoms with E-state index in [0.717, 1.165) is 35.5 Å². The first kappa shape index (κ1) is 13.3. The number of nitrogens with two attached hydrogens (primary N) is 1. The Bertz CT molecular complexity index is 527. The molecule has 0 aliphatic heterocycles. The van der Waals surface area contributed by atoms with Crippen molar-refractivity contribution in [3.8, 4) is 0 Å². The molecule has 0 radical (unpaired) electrons. The van der Waals surface area contributed by atoms with Crippen LogP contribution in [0.1, 0.15) is 24.0 Å². The summed E-state index contributed by atoms with van der Waals surface area (Å²) in [5.74, 6) is 2.10. The SMILES string of the molecule is CCCc1nc(N)cc(NCc2sccc2Br)n1. The lowest BCUT2D eigenvalue weighted by Crippen LogP contribution is -2.06. The summed E-state index contributed by atoms with van der Waals surface area (Å²) in [4.78, 5) is 9.89. The van der Waals surface area contributed by atoms with Crippen molar-refractivity contribution in [2.75, 3.05) is 11.1 Å². The van der Waals surface area contributed by atoms with Crippen LogP contribution < -0.4 is 11.1 Å². The van der Waals surface area contributed by atoms with Gasteiger partial charge in [-0.3, -0.25) is 0 Å². The highest BCUT2D eigenvalue weighted by Crippen LogP contribution is 2.23. The van der Waals surface area contributed by atoms with Gasteiger partial charge in [0.1, 0.15) is 17.5 Å². The molecular formula is C12H15BrN4S. The van der Waals surface area contributed by atoms with Gasteiger partial charge in [-0.05, 0) is 33.8 Å². The Balaban J connectivity index is 2.07. The number of thiophene rings is 1. The molecule has 0 saturated heterocycles. The molecule has 0 fully saturated rings. The third-order valence-electron chi connectivity index (χ3n) is 2.39. The van der Waals surface area contributed by atoms with Crippen LogP contribution in [0.4, 0.5) is 11.6 Å². The minimum atomic E-state index is 0.515. The van der Waals surface area contributed by atoms with E-state index in [-0.39, 0.29) is 0 Å². The first-order valence-electron chi connectivity index (χ1n) is 5.78. The maximum atomic E-state index is 5.77. The Morgan fingerprint density at radius 2 is 2.28 bits per heavy atom. The molecule has 2 heterocycles. The molecule has 0 spiro atoms. The standard InChI is InChI=1S/C12H15BrN4S/c1-2-3-11-16-10(14)6-12(17-11)15-7-9-8(13)4-5-18-9/h4-6H,2-3,7H2,1H3,(H3,14,15,16,17). The lowest BCUT2D eigenvalue weighted by Gasteiger charge is -2.07.